The van der Waals surface area contributed by atoms with Crippen LogP contribution in [0.4, 0.5) is 0 Å². The number of nitrogens with zero attached hydrogens (tertiary/aromatic N) is 1. The molecule has 6 aromatic rings. The van der Waals surface area contributed by atoms with Crippen LogP contribution in [0.25, 0.3) is 22.2 Å². The molecule has 7 rings (SSSR count). The Hall–Kier alpha value is -4.54. The highest BCUT2D eigenvalue weighted by molar-refractivity contribution is 5.95. The zero-order valence-electron chi connectivity index (χ0n) is 25.6. The highest BCUT2D eigenvalue weighted by Gasteiger charge is 2.37. The van der Waals surface area contributed by atoms with Crippen LogP contribution >= 0.6 is 0 Å². The van der Waals surface area contributed by atoms with Crippen molar-refractivity contribution in [2.45, 2.75) is 58.3 Å². The molecule has 0 saturated carbocycles. The molecule has 1 atom stereocenters. The number of benzene rings is 4. The van der Waals surface area contributed by atoms with Crippen molar-refractivity contribution in [2.75, 3.05) is 7.11 Å². The smallest absolute Gasteiger partial charge is 0.139 e. The van der Waals surface area contributed by atoms with Gasteiger partial charge in [-0.05, 0) is 53.3 Å². The van der Waals surface area contributed by atoms with Gasteiger partial charge in [0.15, 0.2) is 0 Å². The molecule has 44 heavy (non-hydrogen) atoms. The van der Waals surface area contributed by atoms with Gasteiger partial charge in [0.25, 0.3) is 0 Å². The fraction of sp³-hybridized carbons (Fsp3) is 0.250. The lowest BCUT2D eigenvalue weighted by molar-refractivity contribution is 0.0924. The summed E-state index contributed by atoms with van der Waals surface area (Å²) < 4.78 is 21.2. The average Bonchev–Trinajstić information content (AvgIpc) is 3.59. The van der Waals surface area contributed by atoms with Crippen LogP contribution in [0.2, 0.25) is 0 Å². The summed E-state index contributed by atoms with van der Waals surface area (Å²) in [6, 6.07) is 38.7. The number of para-hydroxylation sites is 1. The predicted octanol–water partition coefficient (Wildman–Crippen LogP) is 9.71. The van der Waals surface area contributed by atoms with Gasteiger partial charge < -0.3 is 18.5 Å². The van der Waals surface area contributed by atoms with Gasteiger partial charge in [-0.2, -0.15) is 0 Å². The standard InChI is InChI=1S/C40H39NO3/c1-3-4-19-36-34-24-33(30-15-9-6-10-16-30)38-32-17-11-12-18-35(32)41(25-28-20-22-31(42-2)23-21-28)40(38)39(34)37(44-36)27-43-26-29-13-7-5-8-14-29/h5-18,20-23,33H,3-4,19,24-27H2,1-2H3. The number of hydrogen-bond acceptors (Lipinski definition) is 3. The molecule has 0 spiro atoms. The summed E-state index contributed by atoms with van der Waals surface area (Å²) in [7, 11) is 1.71. The molecule has 0 bridgehead atoms. The minimum Gasteiger partial charge on any atom is -0.497 e. The van der Waals surface area contributed by atoms with E-state index in [0.29, 0.717) is 13.2 Å². The number of hydrogen-bond donors (Lipinski definition) is 0. The van der Waals surface area contributed by atoms with Crippen LogP contribution < -0.4 is 4.74 Å². The van der Waals surface area contributed by atoms with Gasteiger partial charge in [0.2, 0.25) is 0 Å². The molecule has 0 amide bonds. The van der Waals surface area contributed by atoms with Crippen LogP contribution in [0.5, 0.6) is 5.75 Å². The molecule has 1 aliphatic carbocycles. The molecule has 1 aliphatic rings. The first-order valence-electron chi connectivity index (χ1n) is 15.8. The highest BCUT2D eigenvalue weighted by atomic mass is 16.5. The molecule has 0 radical (unpaired) electrons. The zero-order chi connectivity index (χ0) is 29.9. The number of rotatable bonds is 11. The van der Waals surface area contributed by atoms with Gasteiger partial charge in [-0.15, -0.1) is 0 Å². The summed E-state index contributed by atoms with van der Waals surface area (Å²) >= 11 is 0. The first kappa shape index (κ1) is 28.2. The average molecular weight is 582 g/mol. The van der Waals surface area contributed by atoms with Crippen LogP contribution in [0.1, 0.15) is 65.0 Å². The molecule has 222 valence electrons. The summed E-state index contributed by atoms with van der Waals surface area (Å²) in [6.07, 6.45) is 4.08. The zero-order valence-corrected chi connectivity index (χ0v) is 25.6. The molecule has 4 nitrogen and oxygen atoms in total. The second kappa shape index (κ2) is 12.6. The Kier molecular flexibility index (Phi) is 8.08. The number of aromatic nitrogens is 1. The van der Waals surface area contributed by atoms with Gasteiger partial charge in [-0.1, -0.05) is 104 Å². The normalized spacial score (nSPS) is 14.0. The van der Waals surface area contributed by atoms with Crippen molar-refractivity contribution in [1.29, 1.82) is 0 Å². The van der Waals surface area contributed by atoms with E-state index in [1.54, 1.807) is 7.11 Å². The molecule has 0 N–H and O–H groups in total. The Morgan fingerprint density at radius 3 is 2.25 bits per heavy atom. The van der Waals surface area contributed by atoms with Crippen molar-refractivity contribution in [3.05, 3.63) is 149 Å². The molecule has 2 heterocycles. The number of ether oxygens (including phenoxy) is 2. The molecule has 0 aliphatic heterocycles. The summed E-state index contributed by atoms with van der Waals surface area (Å²) in [4.78, 5) is 0. The van der Waals surface area contributed by atoms with E-state index in [2.05, 4.69) is 115 Å². The van der Waals surface area contributed by atoms with Crippen molar-refractivity contribution < 1.29 is 13.9 Å². The maximum absolute atomic E-state index is 6.83. The maximum atomic E-state index is 6.83. The van der Waals surface area contributed by atoms with E-state index in [1.165, 1.54) is 44.4 Å². The van der Waals surface area contributed by atoms with Gasteiger partial charge in [0, 0.05) is 40.9 Å². The van der Waals surface area contributed by atoms with E-state index in [0.717, 1.165) is 55.1 Å². The first-order valence-corrected chi connectivity index (χ1v) is 15.8. The quantitative estimate of drug-likeness (QED) is 0.153. The third-order valence-corrected chi connectivity index (χ3v) is 8.97. The van der Waals surface area contributed by atoms with Crippen molar-refractivity contribution >= 4 is 10.9 Å². The Morgan fingerprint density at radius 2 is 1.50 bits per heavy atom. The van der Waals surface area contributed by atoms with E-state index >= 15 is 0 Å². The van der Waals surface area contributed by atoms with Gasteiger partial charge >= 0.3 is 0 Å². The molecule has 0 fully saturated rings. The fourth-order valence-corrected chi connectivity index (χ4v) is 6.84. The van der Waals surface area contributed by atoms with Gasteiger partial charge in [0.05, 0.1) is 19.4 Å². The van der Waals surface area contributed by atoms with Crippen LogP contribution in [0, 0.1) is 0 Å². The minimum absolute atomic E-state index is 0.233. The minimum atomic E-state index is 0.233. The molecule has 2 aromatic heterocycles. The Morgan fingerprint density at radius 1 is 0.773 bits per heavy atom. The van der Waals surface area contributed by atoms with Crippen LogP contribution in [-0.2, 0) is 37.3 Å². The molecular weight excluding hydrogens is 542 g/mol. The number of methoxy groups -OCH3 is 1. The van der Waals surface area contributed by atoms with E-state index in [9.17, 15) is 0 Å². The van der Waals surface area contributed by atoms with E-state index in [1.807, 2.05) is 6.07 Å². The molecule has 0 saturated heterocycles. The summed E-state index contributed by atoms with van der Waals surface area (Å²) in [5.74, 6) is 3.16. The van der Waals surface area contributed by atoms with Crippen LogP contribution in [0.15, 0.2) is 114 Å². The topological polar surface area (TPSA) is 36.5 Å². The maximum Gasteiger partial charge on any atom is 0.139 e. The van der Waals surface area contributed by atoms with E-state index in [-0.39, 0.29) is 5.92 Å². The van der Waals surface area contributed by atoms with Gasteiger partial charge in [-0.25, -0.2) is 0 Å². The van der Waals surface area contributed by atoms with Gasteiger partial charge in [-0.3, -0.25) is 0 Å². The summed E-state index contributed by atoms with van der Waals surface area (Å²) in [5.41, 5.74) is 10.2. The highest BCUT2D eigenvalue weighted by Crippen LogP contribution is 2.51. The first-order chi connectivity index (χ1) is 21.7. The third kappa shape index (κ3) is 5.35. The monoisotopic (exact) mass is 581 g/mol. The SMILES string of the molecule is CCCCc1oc(COCc2ccccc2)c2c1CC(c1ccccc1)c1c-2n(Cc2ccc(OC)cc2)c2ccccc12. The fourth-order valence-electron chi connectivity index (χ4n) is 6.84. The lowest BCUT2D eigenvalue weighted by Gasteiger charge is -2.26. The Labute approximate surface area is 259 Å². The van der Waals surface area contributed by atoms with Crippen molar-refractivity contribution in [3.8, 4) is 17.0 Å². The lowest BCUT2D eigenvalue weighted by atomic mass is 9.77. The van der Waals surface area contributed by atoms with Crippen LogP contribution in [0.3, 0.4) is 0 Å². The number of furan rings is 1. The van der Waals surface area contributed by atoms with Crippen LogP contribution in [-0.4, -0.2) is 11.7 Å². The largest absolute Gasteiger partial charge is 0.497 e. The van der Waals surface area contributed by atoms with Crippen molar-refractivity contribution in [1.82, 2.24) is 4.57 Å². The Balaban J connectivity index is 1.41. The van der Waals surface area contributed by atoms with E-state index in [4.69, 9.17) is 13.9 Å². The number of aryl methyl sites for hydroxylation is 1. The predicted molar refractivity (Wildman–Crippen MR) is 177 cm³/mol. The number of unbranched alkanes of at least 4 members (excludes halogenated alkanes) is 1. The second-order valence-electron chi connectivity index (χ2n) is 11.8. The van der Waals surface area contributed by atoms with Crippen molar-refractivity contribution in [3.63, 3.8) is 0 Å². The number of fused-ring (bicyclic) bond motifs is 5. The lowest BCUT2D eigenvalue weighted by Crippen LogP contribution is -2.15. The van der Waals surface area contributed by atoms with Crippen molar-refractivity contribution in [2.24, 2.45) is 0 Å². The summed E-state index contributed by atoms with van der Waals surface area (Å²) in [6.45, 7) is 3.98. The molecule has 4 heteroatoms. The second-order valence-corrected chi connectivity index (χ2v) is 11.8. The Bertz CT molecular complexity index is 1850. The van der Waals surface area contributed by atoms with Gasteiger partial charge in [0.1, 0.15) is 23.9 Å². The molecule has 4 aromatic carbocycles. The van der Waals surface area contributed by atoms with E-state index < -0.39 is 0 Å². The third-order valence-electron chi connectivity index (χ3n) is 8.97. The molecule has 1 unspecified atom stereocenters. The summed E-state index contributed by atoms with van der Waals surface area (Å²) in [5, 5.41) is 1.31. The molecular formula is C40H39NO3.